The van der Waals surface area contributed by atoms with Crippen LogP contribution in [0.3, 0.4) is 0 Å². The first-order chi connectivity index (χ1) is 14.9. The Bertz CT molecular complexity index is 810. The highest BCUT2D eigenvalue weighted by Crippen LogP contribution is 2.57. The number of fused-ring (bicyclic) bond motifs is 1. The molecule has 8 heteroatoms. The Morgan fingerprint density at radius 3 is 2.45 bits per heavy atom. The quantitative estimate of drug-likeness (QED) is 0.777. The number of ether oxygens (including phenoxy) is 1. The Morgan fingerprint density at radius 1 is 1.13 bits per heavy atom. The van der Waals surface area contributed by atoms with Crippen LogP contribution < -0.4 is 5.32 Å². The molecule has 1 atom stereocenters. The number of amides is 3. The average molecular weight is 433 g/mol. The van der Waals surface area contributed by atoms with E-state index in [0.29, 0.717) is 31.3 Å². The summed E-state index contributed by atoms with van der Waals surface area (Å²) in [5.41, 5.74) is 0.129. The highest BCUT2D eigenvalue weighted by Gasteiger charge is 2.64. The standard InChI is InChI=1S/C23H33FN4O3/c1-3-27-13-10-23(20(27)29)17-26(14-15-31-2)16-22(23)8-11-28(12-9-22)21(30)25-19-6-4-18(24)5-7-19/h4-7H,3,8-17H2,1-2H3,(H,25,30). The van der Waals surface area contributed by atoms with Gasteiger partial charge in [0, 0.05) is 64.0 Å². The first kappa shape index (κ1) is 22.0. The van der Waals surface area contributed by atoms with Crippen molar-refractivity contribution >= 4 is 17.6 Å². The summed E-state index contributed by atoms with van der Waals surface area (Å²) >= 11 is 0. The van der Waals surface area contributed by atoms with Crippen molar-refractivity contribution in [2.24, 2.45) is 10.8 Å². The molecule has 31 heavy (non-hydrogen) atoms. The first-order valence-electron chi connectivity index (χ1n) is 11.3. The number of anilines is 1. The van der Waals surface area contributed by atoms with Crippen LogP contribution in [0.5, 0.6) is 0 Å². The van der Waals surface area contributed by atoms with Gasteiger partial charge in [-0.25, -0.2) is 9.18 Å². The molecule has 0 radical (unpaired) electrons. The number of benzene rings is 1. The van der Waals surface area contributed by atoms with Gasteiger partial charge in [-0.15, -0.1) is 0 Å². The van der Waals surface area contributed by atoms with Gasteiger partial charge in [0.05, 0.1) is 12.0 Å². The Kier molecular flexibility index (Phi) is 6.21. The summed E-state index contributed by atoms with van der Waals surface area (Å²) < 4.78 is 18.4. The van der Waals surface area contributed by atoms with Crippen LogP contribution in [0.1, 0.15) is 26.2 Å². The van der Waals surface area contributed by atoms with E-state index in [0.717, 1.165) is 52.0 Å². The van der Waals surface area contributed by atoms with Gasteiger partial charge in [-0.05, 0) is 50.5 Å². The number of rotatable bonds is 5. The maximum Gasteiger partial charge on any atom is 0.321 e. The molecule has 0 bridgehead atoms. The van der Waals surface area contributed by atoms with Gasteiger partial charge < -0.3 is 19.9 Å². The molecule has 0 aromatic heterocycles. The molecule has 1 unspecified atom stereocenters. The van der Waals surface area contributed by atoms with Crippen LogP contribution in [0.2, 0.25) is 0 Å². The Morgan fingerprint density at radius 2 is 1.84 bits per heavy atom. The molecule has 4 rings (SSSR count). The van der Waals surface area contributed by atoms with Crippen molar-refractivity contribution < 1.29 is 18.7 Å². The predicted molar refractivity (Wildman–Crippen MR) is 116 cm³/mol. The summed E-state index contributed by atoms with van der Waals surface area (Å²) in [4.78, 5) is 32.4. The van der Waals surface area contributed by atoms with E-state index < -0.39 is 0 Å². The molecule has 3 fully saturated rings. The zero-order valence-corrected chi connectivity index (χ0v) is 18.5. The second-order valence-electron chi connectivity index (χ2n) is 9.12. The van der Waals surface area contributed by atoms with Gasteiger partial charge in [0.2, 0.25) is 5.91 Å². The number of nitrogens with zero attached hydrogens (tertiary/aromatic N) is 3. The normalized spacial score (nSPS) is 25.7. The SMILES string of the molecule is CCN1CCC2(CN(CCOC)CC23CCN(C(=O)Nc2ccc(F)cc2)CC3)C1=O. The lowest BCUT2D eigenvalue weighted by Crippen LogP contribution is -2.54. The second-order valence-corrected chi connectivity index (χ2v) is 9.12. The van der Waals surface area contributed by atoms with Crippen LogP contribution in [-0.2, 0) is 9.53 Å². The lowest BCUT2D eigenvalue weighted by Gasteiger charge is -2.47. The van der Waals surface area contributed by atoms with Crippen LogP contribution in [0.15, 0.2) is 24.3 Å². The number of halogens is 1. The van der Waals surface area contributed by atoms with E-state index in [-0.39, 0.29) is 22.7 Å². The predicted octanol–water partition coefficient (Wildman–Crippen LogP) is 2.64. The largest absolute Gasteiger partial charge is 0.383 e. The lowest BCUT2D eigenvalue weighted by atomic mass is 9.60. The van der Waals surface area contributed by atoms with Crippen LogP contribution >= 0.6 is 0 Å². The minimum Gasteiger partial charge on any atom is -0.383 e. The van der Waals surface area contributed by atoms with Gasteiger partial charge in [0.25, 0.3) is 0 Å². The lowest BCUT2D eigenvalue weighted by molar-refractivity contribution is -0.141. The van der Waals surface area contributed by atoms with Crippen molar-refractivity contribution in [2.45, 2.75) is 26.2 Å². The maximum atomic E-state index is 13.5. The molecule has 3 heterocycles. The van der Waals surface area contributed by atoms with Gasteiger partial charge in [-0.1, -0.05) is 0 Å². The minimum atomic E-state index is -0.351. The zero-order valence-electron chi connectivity index (χ0n) is 18.5. The molecule has 7 nitrogen and oxygen atoms in total. The summed E-state index contributed by atoms with van der Waals surface area (Å²) in [6, 6.07) is 5.63. The average Bonchev–Trinajstić information content (AvgIpc) is 3.26. The number of urea groups is 1. The van der Waals surface area contributed by atoms with Gasteiger partial charge in [-0.3, -0.25) is 9.69 Å². The van der Waals surface area contributed by atoms with E-state index in [1.807, 2.05) is 16.7 Å². The molecular formula is C23H33FN4O3. The molecule has 3 aliphatic heterocycles. The summed E-state index contributed by atoms with van der Waals surface area (Å²) in [6.45, 7) is 8.01. The number of carbonyl (C=O) groups excluding carboxylic acids is 2. The highest BCUT2D eigenvalue weighted by molar-refractivity contribution is 5.89. The third-order valence-corrected chi connectivity index (χ3v) is 7.64. The number of hydrogen-bond donors (Lipinski definition) is 1. The summed E-state index contributed by atoms with van der Waals surface area (Å²) in [5.74, 6) is -0.0380. The van der Waals surface area contributed by atoms with Gasteiger partial charge in [0.1, 0.15) is 5.82 Å². The number of methoxy groups -OCH3 is 1. The summed E-state index contributed by atoms with van der Waals surface area (Å²) in [6.07, 6.45) is 2.53. The number of hydrogen-bond acceptors (Lipinski definition) is 4. The molecule has 0 saturated carbocycles. The molecule has 3 amide bonds. The van der Waals surface area contributed by atoms with E-state index in [2.05, 4.69) is 10.2 Å². The Balaban J connectivity index is 1.47. The fraction of sp³-hybridized carbons (Fsp3) is 0.652. The van der Waals surface area contributed by atoms with Crippen LogP contribution in [0.4, 0.5) is 14.9 Å². The van der Waals surface area contributed by atoms with Crippen molar-refractivity contribution in [3.63, 3.8) is 0 Å². The van der Waals surface area contributed by atoms with Crippen molar-refractivity contribution in [2.75, 3.05) is 64.8 Å². The number of likely N-dealkylation sites (tertiary alicyclic amines) is 3. The number of nitrogens with one attached hydrogen (secondary N) is 1. The minimum absolute atomic E-state index is 0.103. The van der Waals surface area contributed by atoms with E-state index >= 15 is 0 Å². The zero-order chi connectivity index (χ0) is 22.1. The van der Waals surface area contributed by atoms with Crippen LogP contribution in [-0.4, -0.2) is 86.2 Å². The van der Waals surface area contributed by atoms with E-state index in [4.69, 9.17) is 4.74 Å². The molecule has 1 N–H and O–H groups in total. The number of carbonyl (C=O) groups is 2. The van der Waals surface area contributed by atoms with Crippen molar-refractivity contribution in [3.05, 3.63) is 30.1 Å². The van der Waals surface area contributed by atoms with Gasteiger partial charge >= 0.3 is 6.03 Å². The number of piperidine rings is 1. The van der Waals surface area contributed by atoms with E-state index in [9.17, 15) is 14.0 Å². The molecule has 2 spiro atoms. The Hall–Kier alpha value is -2.19. The monoisotopic (exact) mass is 432 g/mol. The third kappa shape index (κ3) is 3.91. The van der Waals surface area contributed by atoms with Gasteiger partial charge in [-0.2, -0.15) is 0 Å². The Labute approximate surface area is 183 Å². The molecule has 3 aliphatic rings. The van der Waals surface area contributed by atoms with E-state index in [1.165, 1.54) is 12.1 Å². The topological polar surface area (TPSA) is 65.1 Å². The molecular weight excluding hydrogens is 399 g/mol. The smallest absolute Gasteiger partial charge is 0.321 e. The maximum absolute atomic E-state index is 13.5. The molecule has 1 aromatic carbocycles. The van der Waals surface area contributed by atoms with Crippen molar-refractivity contribution in [1.82, 2.24) is 14.7 Å². The third-order valence-electron chi connectivity index (χ3n) is 7.64. The summed E-state index contributed by atoms with van der Waals surface area (Å²) in [5, 5.41) is 2.86. The highest BCUT2D eigenvalue weighted by atomic mass is 19.1. The van der Waals surface area contributed by atoms with E-state index in [1.54, 1.807) is 19.2 Å². The molecule has 3 saturated heterocycles. The molecule has 1 aromatic rings. The van der Waals surface area contributed by atoms with Crippen LogP contribution in [0, 0.1) is 16.6 Å². The molecule has 0 aliphatic carbocycles. The molecule has 170 valence electrons. The van der Waals surface area contributed by atoms with Gasteiger partial charge in [0.15, 0.2) is 0 Å². The van der Waals surface area contributed by atoms with Crippen molar-refractivity contribution in [1.29, 1.82) is 0 Å². The second kappa shape index (κ2) is 8.74. The fourth-order valence-corrected chi connectivity index (χ4v) is 5.85. The van der Waals surface area contributed by atoms with Crippen LogP contribution in [0.25, 0.3) is 0 Å². The first-order valence-corrected chi connectivity index (χ1v) is 11.3. The van der Waals surface area contributed by atoms with Crippen molar-refractivity contribution in [3.8, 4) is 0 Å². The fourth-order valence-electron chi connectivity index (χ4n) is 5.85. The summed E-state index contributed by atoms with van der Waals surface area (Å²) in [7, 11) is 1.71.